The van der Waals surface area contributed by atoms with E-state index in [0.717, 1.165) is 45.7 Å². The summed E-state index contributed by atoms with van der Waals surface area (Å²) in [6.07, 6.45) is 6.98. The van der Waals surface area contributed by atoms with Gasteiger partial charge in [0.2, 0.25) is 0 Å². The fraction of sp³-hybridized carbons (Fsp3) is 0.727. The second-order valence-electron chi connectivity index (χ2n) is 9.91. The Morgan fingerprint density at radius 2 is 0.872 bits per heavy atom. The second-order valence-corrected chi connectivity index (χ2v) is 9.91. The van der Waals surface area contributed by atoms with Crippen LogP contribution in [0.1, 0.15) is 89.5 Å². The molecule has 0 spiro atoms. The number of likely N-dealkylation sites (tertiary alicyclic amines) is 1. The minimum absolute atomic E-state index is 0. The Kier molecular flexibility index (Phi) is 72.4. The molecule has 0 N–H and O–H groups in total. The van der Waals surface area contributed by atoms with Gasteiger partial charge >= 0.3 is 0 Å². The molecule has 0 aromatic carbocycles. The van der Waals surface area contributed by atoms with Crippen molar-refractivity contribution in [2.24, 2.45) is 11.8 Å². The SMILES string of the molecule is C[CH-]C.C[CH-]C.C[CH-]C.[CH2-]C1CN(C(C)C)CC1[CH2-].[CH2-]CCN(C[CH2-])C(C)C.[CH2-]CN(C[CH2-])C(C)C.[W].[W].[W]. The average molecular weight is 1060 g/mol. The molecule has 0 aliphatic carbocycles. The van der Waals surface area contributed by atoms with Gasteiger partial charge in [0.25, 0.3) is 0 Å². The van der Waals surface area contributed by atoms with Crippen LogP contribution in [0.3, 0.4) is 0 Å². The van der Waals surface area contributed by atoms with E-state index in [1.165, 1.54) is 0 Å². The third-order valence-electron chi connectivity index (χ3n) is 5.10. The van der Waals surface area contributed by atoms with Gasteiger partial charge in [0.05, 0.1) is 0 Å². The Bertz CT molecular complexity index is 351. The van der Waals surface area contributed by atoms with Crippen LogP contribution in [0.5, 0.6) is 0 Å². The predicted molar refractivity (Wildman–Crippen MR) is 171 cm³/mol. The van der Waals surface area contributed by atoms with E-state index < -0.39 is 0 Å². The van der Waals surface area contributed by atoms with Crippen molar-refractivity contribution in [1.29, 1.82) is 0 Å². The van der Waals surface area contributed by atoms with Crippen molar-refractivity contribution >= 4 is 0 Å². The van der Waals surface area contributed by atoms with Gasteiger partial charge in [-0.15, -0.1) is 19.6 Å². The monoisotopic (exact) mass is 1060 g/mol. The molecule has 0 aromatic rings. The zero-order valence-electron chi connectivity index (χ0n) is 28.4. The maximum absolute atomic E-state index is 4.05. The van der Waals surface area contributed by atoms with Gasteiger partial charge in [-0.25, -0.2) is 0 Å². The van der Waals surface area contributed by atoms with E-state index in [4.69, 9.17) is 0 Å². The first-order chi connectivity index (χ1) is 16.8. The number of nitrogens with zero attached hydrogens (tertiary/aromatic N) is 3. The van der Waals surface area contributed by atoms with Crippen LogP contribution < -0.4 is 0 Å². The van der Waals surface area contributed by atoms with Crippen molar-refractivity contribution in [2.75, 3.05) is 39.3 Å². The first-order valence-electron chi connectivity index (χ1n) is 14.1. The van der Waals surface area contributed by atoms with E-state index in [0.29, 0.717) is 30.0 Å². The molecule has 0 radical (unpaired) electrons. The third-order valence-corrected chi connectivity index (χ3v) is 5.10. The van der Waals surface area contributed by atoms with Crippen molar-refractivity contribution in [3.05, 3.63) is 60.8 Å². The Hall–Kier alpha value is 1.94. The van der Waals surface area contributed by atoms with Crippen LogP contribution in [0.4, 0.5) is 0 Å². The fourth-order valence-corrected chi connectivity index (χ4v) is 2.86. The van der Waals surface area contributed by atoms with Gasteiger partial charge in [-0.2, -0.15) is 59.8 Å². The van der Waals surface area contributed by atoms with Crippen LogP contribution in [0, 0.1) is 72.6 Å². The van der Waals surface area contributed by atoms with Gasteiger partial charge in [-0.1, -0.05) is 13.8 Å². The van der Waals surface area contributed by atoms with E-state index >= 15 is 0 Å². The Morgan fingerprint density at radius 3 is 0.949 bits per heavy atom. The summed E-state index contributed by atoms with van der Waals surface area (Å²) < 4.78 is 0. The van der Waals surface area contributed by atoms with E-state index in [-0.39, 0.29) is 63.2 Å². The average Bonchev–Trinajstić information content (AvgIpc) is 3.14. The summed E-state index contributed by atoms with van der Waals surface area (Å²) in [6.45, 7) is 54.3. The minimum Gasteiger partial charge on any atom is -0.360 e. The van der Waals surface area contributed by atoms with Gasteiger partial charge < -0.3 is 75.5 Å². The van der Waals surface area contributed by atoms with Crippen molar-refractivity contribution in [2.45, 2.75) is 108 Å². The zero-order valence-corrected chi connectivity index (χ0v) is 37.2. The molecule has 1 fully saturated rings. The van der Waals surface area contributed by atoms with Crippen molar-refractivity contribution < 1.29 is 63.2 Å². The minimum atomic E-state index is 0. The maximum Gasteiger partial charge on any atom is 0.00366 e. The molecule has 2 atom stereocenters. The van der Waals surface area contributed by atoms with Crippen LogP contribution >= 0.6 is 0 Å². The van der Waals surface area contributed by atoms with Crippen LogP contribution in [0.15, 0.2) is 0 Å². The molecular weight excluding hydrogens is 990 g/mol. The van der Waals surface area contributed by atoms with Crippen LogP contribution in [0.2, 0.25) is 0 Å². The standard InChI is InChI=1S/C9H17N.C8H17N.C7H15N.3C3H7.3W/c1-7(2)10-5-8(3)9(4)6-10;1-5-7-9(6-2)8(3)4;1-5-8(6-2)7(3)4;3*1-3-2;;;/h7-9H,3-6H2,1-2H3;8H,1-2,5-7H2,3-4H3;7H,1-2,5-6H2,3-4H3;3*3H,1-2H3;;;/q3*-2;3*-1;;;. The molecule has 6 heteroatoms. The number of hydrogen-bond donors (Lipinski definition) is 0. The van der Waals surface area contributed by atoms with Gasteiger partial charge in [0, 0.05) is 75.3 Å². The van der Waals surface area contributed by atoms with Gasteiger partial charge in [0.15, 0.2) is 0 Å². The molecule has 2 unspecified atom stereocenters. The Morgan fingerprint density at radius 1 is 0.615 bits per heavy atom. The zero-order chi connectivity index (χ0) is 29.7. The van der Waals surface area contributed by atoms with Crippen molar-refractivity contribution in [3.8, 4) is 0 Å². The largest absolute Gasteiger partial charge is 0.360 e. The van der Waals surface area contributed by atoms with Gasteiger partial charge in [-0.3, -0.25) is 0 Å². The normalized spacial score (nSPS) is 15.5. The van der Waals surface area contributed by atoms with Crippen LogP contribution in [-0.2, 0) is 63.2 Å². The molecule has 1 aliphatic rings. The molecule has 0 aromatic heterocycles. The second kappa shape index (κ2) is 46.9. The molecule has 1 rings (SSSR count). The summed E-state index contributed by atoms with van der Waals surface area (Å²) in [5.74, 6) is 1.09. The molecule has 0 amide bonds. The summed E-state index contributed by atoms with van der Waals surface area (Å²) >= 11 is 0. The number of rotatable bonds is 8. The summed E-state index contributed by atoms with van der Waals surface area (Å²) in [5, 5.41) is 0. The van der Waals surface area contributed by atoms with Crippen molar-refractivity contribution in [3.63, 3.8) is 0 Å². The van der Waals surface area contributed by atoms with E-state index in [2.05, 4.69) is 97.8 Å². The first kappa shape index (κ1) is 60.2. The van der Waals surface area contributed by atoms with Crippen LogP contribution in [-0.4, -0.2) is 72.1 Å². The fourth-order valence-electron chi connectivity index (χ4n) is 2.86. The van der Waals surface area contributed by atoms with E-state index in [9.17, 15) is 0 Å². The summed E-state index contributed by atoms with van der Waals surface area (Å²) in [5.41, 5.74) is 0. The van der Waals surface area contributed by atoms with E-state index in [1.54, 1.807) is 0 Å². The molecule has 1 heterocycles. The van der Waals surface area contributed by atoms with Crippen LogP contribution in [0.25, 0.3) is 0 Å². The first-order valence-corrected chi connectivity index (χ1v) is 14.1. The topological polar surface area (TPSA) is 9.72 Å². The van der Waals surface area contributed by atoms with Crippen molar-refractivity contribution in [1.82, 2.24) is 14.7 Å². The Labute approximate surface area is 295 Å². The molecule has 1 saturated heterocycles. The quantitative estimate of drug-likeness (QED) is 0.227. The molecule has 1 aliphatic heterocycles. The molecule has 3 nitrogen and oxygen atoms in total. The predicted octanol–water partition coefficient (Wildman–Crippen LogP) is 8.42. The van der Waals surface area contributed by atoms with E-state index in [1.807, 2.05) is 60.8 Å². The molecule has 39 heavy (non-hydrogen) atoms. The molecule has 0 bridgehead atoms. The molecule has 244 valence electrons. The summed E-state index contributed by atoms with van der Waals surface area (Å²) in [7, 11) is 0. The Balaban J connectivity index is -0.0000000519. The molecule has 0 saturated carbocycles. The maximum atomic E-state index is 4.05. The molecular formula is C33H70N3W3-9. The smallest absolute Gasteiger partial charge is 0.00366 e. The summed E-state index contributed by atoms with van der Waals surface area (Å²) in [4.78, 5) is 6.93. The van der Waals surface area contributed by atoms with Gasteiger partial charge in [0.1, 0.15) is 0 Å². The van der Waals surface area contributed by atoms with Gasteiger partial charge in [-0.05, 0) is 53.4 Å². The third kappa shape index (κ3) is 47.1. The number of hydrogen-bond acceptors (Lipinski definition) is 3. The summed E-state index contributed by atoms with van der Waals surface area (Å²) in [6, 6.07) is 1.87.